The van der Waals surface area contributed by atoms with E-state index >= 15 is 0 Å². The number of hydrogen-bond donors (Lipinski definition) is 2. The van der Waals surface area contributed by atoms with Crippen molar-refractivity contribution in [2.75, 3.05) is 0 Å². The van der Waals surface area contributed by atoms with Gasteiger partial charge >= 0.3 is 37.4 Å². The number of rotatable bonds is 14. The van der Waals surface area contributed by atoms with Crippen molar-refractivity contribution in [3.8, 4) is 11.5 Å². The Hall–Kier alpha value is -0.0300. The molecule has 0 bridgehead atoms. The molecule has 36 heavy (non-hydrogen) atoms. The molecule has 2 rings (SSSR count). The quantitative estimate of drug-likeness (QED) is 0.236. The second-order valence-electron chi connectivity index (χ2n) is 12.0. The van der Waals surface area contributed by atoms with E-state index in [2.05, 4.69) is 34.6 Å². The Labute approximate surface area is 244 Å². The topological polar surface area (TPSA) is 76.0 Å². The summed E-state index contributed by atoms with van der Waals surface area (Å²) in [5.74, 6) is 3.59. The van der Waals surface area contributed by atoms with Crippen molar-refractivity contribution in [1.82, 2.24) is 0 Å². The van der Waals surface area contributed by atoms with E-state index in [9.17, 15) is 14.4 Å². The van der Waals surface area contributed by atoms with E-state index in [-0.39, 0.29) is 36.6 Å². The zero-order valence-corrected chi connectivity index (χ0v) is 27.5. The molecule has 5 nitrogen and oxygen atoms in total. The minimum Gasteiger partial charge on any atom is -1.00 e. The van der Waals surface area contributed by atoms with Crippen LogP contribution < -0.4 is 38.8 Å². The van der Waals surface area contributed by atoms with E-state index < -0.39 is 7.82 Å². The van der Waals surface area contributed by atoms with Gasteiger partial charge in [-0.15, -0.1) is 0 Å². The van der Waals surface area contributed by atoms with Crippen LogP contribution in [0.5, 0.6) is 11.5 Å². The van der Waals surface area contributed by atoms with Crippen molar-refractivity contribution in [3.63, 3.8) is 0 Å². The Morgan fingerprint density at radius 2 is 1.44 bits per heavy atom. The standard InChI is InChI=1S/C29H51O5P.Na.H/c1-20(2)12-9-13-21(3)14-10-15-22(4)16-11-18-29(8)19-17-26-25(7)27(34-35(30,31)32)23(5)24(6)28(26)33-29;;/h20-22H,9-19H2,1-8H3,(H2,30,31,32);;/q;+1;-1/t21-,22-,29-;;/m1../s1. The molecule has 0 amide bonds. The fourth-order valence-corrected chi connectivity index (χ4v) is 6.03. The molecule has 204 valence electrons. The van der Waals surface area contributed by atoms with Gasteiger partial charge in [0.15, 0.2) is 0 Å². The molecule has 0 unspecified atom stereocenters. The van der Waals surface area contributed by atoms with Crippen LogP contribution in [-0.2, 0) is 11.0 Å². The van der Waals surface area contributed by atoms with Gasteiger partial charge in [-0.1, -0.05) is 72.6 Å². The number of benzene rings is 1. The Kier molecular flexibility index (Phi) is 14.1. The minimum atomic E-state index is -4.61. The van der Waals surface area contributed by atoms with Gasteiger partial charge in [0.1, 0.15) is 17.1 Å². The monoisotopic (exact) mass is 534 g/mol. The maximum Gasteiger partial charge on any atom is 1.00 e. The number of fused-ring (bicyclic) bond motifs is 1. The van der Waals surface area contributed by atoms with Crippen LogP contribution in [0.1, 0.15) is 123 Å². The number of hydrogen-bond acceptors (Lipinski definition) is 3. The summed E-state index contributed by atoms with van der Waals surface area (Å²) in [6, 6.07) is 0. The molecular formula is C29H52NaO5P. The molecule has 0 saturated carbocycles. The predicted octanol–water partition coefficient (Wildman–Crippen LogP) is 5.72. The van der Waals surface area contributed by atoms with Gasteiger partial charge in [0.2, 0.25) is 0 Å². The van der Waals surface area contributed by atoms with E-state index in [0.717, 1.165) is 71.4 Å². The first kappa shape index (κ1) is 34.0. The summed E-state index contributed by atoms with van der Waals surface area (Å²) in [6.07, 6.45) is 13.3. The van der Waals surface area contributed by atoms with Crippen molar-refractivity contribution in [2.24, 2.45) is 17.8 Å². The Balaban J connectivity index is 0.00000648. The molecular weight excluding hydrogens is 482 g/mol. The van der Waals surface area contributed by atoms with Crippen molar-refractivity contribution in [3.05, 3.63) is 22.3 Å². The number of phosphoric acid groups is 1. The van der Waals surface area contributed by atoms with E-state index in [4.69, 9.17) is 9.26 Å². The molecule has 1 heterocycles. The molecule has 3 atom stereocenters. The Morgan fingerprint density at radius 1 is 0.917 bits per heavy atom. The molecule has 0 radical (unpaired) electrons. The van der Waals surface area contributed by atoms with Crippen LogP contribution in [0, 0.1) is 38.5 Å². The van der Waals surface area contributed by atoms with Crippen molar-refractivity contribution in [1.29, 1.82) is 0 Å². The van der Waals surface area contributed by atoms with E-state index in [0.29, 0.717) is 5.75 Å². The van der Waals surface area contributed by atoms with Crippen LogP contribution in [0.2, 0.25) is 0 Å². The summed E-state index contributed by atoms with van der Waals surface area (Å²) < 4.78 is 23.1. The maximum absolute atomic E-state index is 11.5. The van der Waals surface area contributed by atoms with Gasteiger partial charge in [0, 0.05) is 5.56 Å². The zero-order valence-electron chi connectivity index (χ0n) is 25.6. The first-order chi connectivity index (χ1) is 16.2. The van der Waals surface area contributed by atoms with Crippen molar-refractivity contribution in [2.45, 2.75) is 132 Å². The molecule has 1 aromatic rings. The van der Waals surface area contributed by atoms with Gasteiger partial charge in [0.25, 0.3) is 0 Å². The summed E-state index contributed by atoms with van der Waals surface area (Å²) >= 11 is 0. The molecule has 0 aromatic heterocycles. The van der Waals surface area contributed by atoms with Crippen LogP contribution in [0.25, 0.3) is 0 Å². The van der Waals surface area contributed by atoms with E-state index in [1.807, 2.05) is 20.8 Å². The van der Waals surface area contributed by atoms with Crippen molar-refractivity contribution >= 4 is 7.82 Å². The van der Waals surface area contributed by atoms with Crippen molar-refractivity contribution < 1.29 is 54.6 Å². The van der Waals surface area contributed by atoms with Crippen LogP contribution in [0.4, 0.5) is 0 Å². The van der Waals surface area contributed by atoms with Gasteiger partial charge in [-0.3, -0.25) is 9.79 Å². The second kappa shape index (κ2) is 14.9. The minimum absolute atomic E-state index is 0. The molecule has 1 aromatic carbocycles. The molecule has 0 fully saturated rings. The molecule has 1 aliphatic heterocycles. The molecule has 0 spiro atoms. The molecule has 0 saturated heterocycles. The Morgan fingerprint density at radius 3 is 1.97 bits per heavy atom. The normalized spacial score (nSPS) is 19.3. The first-order valence-corrected chi connectivity index (χ1v) is 15.3. The summed E-state index contributed by atoms with van der Waals surface area (Å²) in [7, 11) is -4.61. The third kappa shape index (κ3) is 10.6. The zero-order chi connectivity index (χ0) is 26.4. The van der Waals surface area contributed by atoms with Gasteiger partial charge in [0.05, 0.1) is 0 Å². The van der Waals surface area contributed by atoms with E-state index in [1.54, 1.807) is 0 Å². The van der Waals surface area contributed by atoms with Gasteiger partial charge < -0.3 is 10.7 Å². The molecule has 0 aliphatic carbocycles. The van der Waals surface area contributed by atoms with E-state index in [1.165, 1.54) is 44.9 Å². The first-order valence-electron chi connectivity index (χ1n) is 13.8. The second-order valence-corrected chi connectivity index (χ2v) is 13.2. The summed E-state index contributed by atoms with van der Waals surface area (Å²) in [4.78, 5) is 18.7. The van der Waals surface area contributed by atoms with Gasteiger partial charge in [-0.05, 0) is 87.8 Å². The number of phosphoric ester groups is 1. The molecule has 2 N–H and O–H groups in total. The fourth-order valence-electron chi connectivity index (χ4n) is 5.52. The predicted molar refractivity (Wildman–Crippen MR) is 147 cm³/mol. The smallest absolute Gasteiger partial charge is 1.00 e. The van der Waals surface area contributed by atoms with Crippen LogP contribution in [0.15, 0.2) is 0 Å². The average molecular weight is 535 g/mol. The van der Waals surface area contributed by atoms with Gasteiger partial charge in [-0.2, -0.15) is 0 Å². The Bertz CT molecular complexity index is 888. The SMILES string of the molecule is Cc1c(C)c2c(c(C)c1OP(=O)(O)O)CC[C@@](C)(CCC[C@H](C)CCC[C@H](C)CCCC(C)C)O2.[H-].[Na+]. The molecule has 1 aliphatic rings. The largest absolute Gasteiger partial charge is 1.00 e. The summed E-state index contributed by atoms with van der Waals surface area (Å²) in [5.41, 5.74) is 3.24. The maximum atomic E-state index is 11.5. The van der Waals surface area contributed by atoms with Crippen LogP contribution in [0.3, 0.4) is 0 Å². The fraction of sp³-hybridized carbons (Fsp3) is 0.793. The van der Waals surface area contributed by atoms with Gasteiger partial charge in [-0.25, -0.2) is 4.57 Å². The third-order valence-electron chi connectivity index (χ3n) is 8.05. The third-order valence-corrected chi connectivity index (χ3v) is 8.47. The summed E-state index contributed by atoms with van der Waals surface area (Å²) in [5, 5.41) is 0. The summed E-state index contributed by atoms with van der Waals surface area (Å²) in [6.45, 7) is 17.3. The van der Waals surface area contributed by atoms with Crippen LogP contribution in [-0.4, -0.2) is 15.4 Å². The number of ether oxygens (including phenoxy) is 1. The van der Waals surface area contributed by atoms with Crippen LogP contribution >= 0.6 is 7.82 Å². The average Bonchev–Trinajstić information content (AvgIpc) is 2.74. The molecule has 7 heteroatoms.